The quantitative estimate of drug-likeness (QED) is 0.609. The second kappa shape index (κ2) is 5.35. The Morgan fingerprint density at radius 2 is 2.38 bits per heavy atom. The first-order valence-electron chi connectivity index (χ1n) is 4.97. The van der Waals surface area contributed by atoms with E-state index in [9.17, 15) is 4.79 Å². The minimum absolute atomic E-state index is 0.0665. The molecule has 0 saturated carbocycles. The molecule has 1 aliphatic heterocycles. The van der Waals surface area contributed by atoms with Crippen LogP contribution < -0.4 is 0 Å². The fraction of sp³-hybridized carbons (Fsp3) is 0.900. The van der Waals surface area contributed by atoms with Crippen LogP contribution in [0, 0.1) is 5.92 Å². The van der Waals surface area contributed by atoms with Crippen LogP contribution in [0.25, 0.3) is 0 Å². The SMILES string of the molecule is CCCOCC(=O)C1CCOC1C. The van der Waals surface area contributed by atoms with Crippen molar-refractivity contribution in [2.24, 2.45) is 5.92 Å². The van der Waals surface area contributed by atoms with Gasteiger partial charge in [0.2, 0.25) is 0 Å². The fourth-order valence-corrected chi connectivity index (χ4v) is 1.58. The van der Waals surface area contributed by atoms with E-state index in [1.807, 2.05) is 13.8 Å². The number of ketones is 1. The van der Waals surface area contributed by atoms with E-state index in [2.05, 4.69) is 0 Å². The molecule has 76 valence electrons. The molecular weight excluding hydrogens is 168 g/mol. The highest BCUT2D eigenvalue weighted by molar-refractivity contribution is 5.82. The Morgan fingerprint density at radius 1 is 1.62 bits per heavy atom. The monoisotopic (exact) mass is 186 g/mol. The van der Waals surface area contributed by atoms with E-state index in [4.69, 9.17) is 9.47 Å². The number of Topliss-reactive ketones (excluding diaryl/α,β-unsaturated/α-hetero) is 1. The average molecular weight is 186 g/mol. The summed E-state index contributed by atoms with van der Waals surface area (Å²) in [6, 6.07) is 0. The van der Waals surface area contributed by atoms with Crippen LogP contribution in [0.3, 0.4) is 0 Å². The van der Waals surface area contributed by atoms with E-state index in [1.165, 1.54) is 0 Å². The van der Waals surface area contributed by atoms with Gasteiger partial charge in [0.25, 0.3) is 0 Å². The Labute approximate surface area is 79.4 Å². The molecule has 1 rings (SSSR count). The van der Waals surface area contributed by atoms with Crippen LogP contribution in [0.15, 0.2) is 0 Å². The van der Waals surface area contributed by atoms with Gasteiger partial charge in [0.05, 0.1) is 6.10 Å². The molecule has 1 saturated heterocycles. The molecular formula is C10H18O3. The third-order valence-corrected chi connectivity index (χ3v) is 2.38. The van der Waals surface area contributed by atoms with Gasteiger partial charge in [-0.1, -0.05) is 6.92 Å². The van der Waals surface area contributed by atoms with Crippen molar-refractivity contribution in [1.82, 2.24) is 0 Å². The van der Waals surface area contributed by atoms with E-state index >= 15 is 0 Å². The Kier molecular flexibility index (Phi) is 4.39. The van der Waals surface area contributed by atoms with Crippen molar-refractivity contribution in [3.05, 3.63) is 0 Å². The molecule has 0 radical (unpaired) electrons. The van der Waals surface area contributed by atoms with Crippen molar-refractivity contribution >= 4 is 5.78 Å². The number of rotatable bonds is 5. The van der Waals surface area contributed by atoms with Gasteiger partial charge in [0.1, 0.15) is 6.61 Å². The fourth-order valence-electron chi connectivity index (χ4n) is 1.58. The summed E-state index contributed by atoms with van der Waals surface area (Å²) in [5.74, 6) is 0.260. The minimum atomic E-state index is 0.0665. The van der Waals surface area contributed by atoms with Crippen molar-refractivity contribution in [3.8, 4) is 0 Å². The molecule has 0 aromatic heterocycles. The average Bonchev–Trinajstić information content (AvgIpc) is 2.52. The minimum Gasteiger partial charge on any atom is -0.378 e. The first kappa shape index (κ1) is 10.7. The van der Waals surface area contributed by atoms with Crippen LogP contribution in [0.2, 0.25) is 0 Å². The molecule has 0 aromatic rings. The predicted octanol–water partition coefficient (Wildman–Crippen LogP) is 1.41. The summed E-state index contributed by atoms with van der Waals surface area (Å²) in [5.41, 5.74) is 0. The molecule has 13 heavy (non-hydrogen) atoms. The van der Waals surface area contributed by atoms with E-state index < -0.39 is 0 Å². The molecule has 0 N–H and O–H groups in total. The lowest BCUT2D eigenvalue weighted by molar-refractivity contribution is -0.128. The van der Waals surface area contributed by atoms with Crippen LogP contribution in [0.4, 0.5) is 0 Å². The summed E-state index contributed by atoms with van der Waals surface area (Å²) in [4.78, 5) is 11.5. The Morgan fingerprint density at radius 3 is 2.92 bits per heavy atom. The third kappa shape index (κ3) is 3.08. The molecule has 0 bridgehead atoms. The van der Waals surface area contributed by atoms with Crippen LogP contribution in [0.5, 0.6) is 0 Å². The molecule has 1 aliphatic rings. The third-order valence-electron chi connectivity index (χ3n) is 2.38. The molecule has 2 atom stereocenters. The molecule has 3 nitrogen and oxygen atoms in total. The topological polar surface area (TPSA) is 35.5 Å². The summed E-state index contributed by atoms with van der Waals surface area (Å²) in [7, 11) is 0. The summed E-state index contributed by atoms with van der Waals surface area (Å²) in [5, 5.41) is 0. The highest BCUT2D eigenvalue weighted by Gasteiger charge is 2.30. The zero-order valence-electron chi connectivity index (χ0n) is 8.41. The van der Waals surface area contributed by atoms with Gasteiger partial charge in [0.15, 0.2) is 5.78 Å². The Bertz CT molecular complexity index is 168. The van der Waals surface area contributed by atoms with Crippen LogP contribution in [-0.2, 0) is 14.3 Å². The zero-order chi connectivity index (χ0) is 9.68. The second-order valence-corrected chi connectivity index (χ2v) is 3.49. The van der Waals surface area contributed by atoms with Gasteiger partial charge in [-0.3, -0.25) is 4.79 Å². The molecule has 0 aliphatic carbocycles. The number of hydrogen-bond acceptors (Lipinski definition) is 3. The summed E-state index contributed by atoms with van der Waals surface area (Å²) >= 11 is 0. The van der Waals surface area contributed by atoms with Gasteiger partial charge in [-0.25, -0.2) is 0 Å². The molecule has 0 spiro atoms. The summed E-state index contributed by atoms with van der Waals surface area (Å²) in [6.07, 6.45) is 1.90. The lowest BCUT2D eigenvalue weighted by Gasteiger charge is -2.12. The lowest BCUT2D eigenvalue weighted by atomic mass is 9.98. The maximum Gasteiger partial charge on any atom is 0.164 e. The van der Waals surface area contributed by atoms with Gasteiger partial charge in [-0.05, 0) is 19.8 Å². The van der Waals surface area contributed by atoms with Gasteiger partial charge in [-0.15, -0.1) is 0 Å². The Balaban J connectivity index is 2.22. The summed E-state index contributed by atoms with van der Waals surface area (Å²) in [6.45, 7) is 5.63. The Hall–Kier alpha value is -0.410. The predicted molar refractivity (Wildman–Crippen MR) is 49.6 cm³/mol. The largest absolute Gasteiger partial charge is 0.378 e. The van der Waals surface area contributed by atoms with E-state index in [0.717, 1.165) is 12.8 Å². The highest BCUT2D eigenvalue weighted by atomic mass is 16.5. The van der Waals surface area contributed by atoms with Crippen LogP contribution >= 0.6 is 0 Å². The van der Waals surface area contributed by atoms with E-state index in [0.29, 0.717) is 13.2 Å². The number of carbonyl (C=O) groups is 1. The first-order chi connectivity index (χ1) is 6.25. The maximum atomic E-state index is 11.5. The van der Waals surface area contributed by atoms with Gasteiger partial charge in [0, 0.05) is 19.1 Å². The standard InChI is InChI=1S/C10H18O3/c1-3-5-12-7-10(11)9-4-6-13-8(9)2/h8-9H,3-7H2,1-2H3. The lowest BCUT2D eigenvalue weighted by Crippen LogP contribution is -2.25. The first-order valence-corrected chi connectivity index (χ1v) is 4.97. The van der Waals surface area contributed by atoms with Crippen LogP contribution in [0.1, 0.15) is 26.7 Å². The molecule has 2 unspecified atom stereocenters. The van der Waals surface area contributed by atoms with Gasteiger partial charge < -0.3 is 9.47 Å². The normalized spacial score (nSPS) is 27.8. The zero-order valence-corrected chi connectivity index (χ0v) is 8.41. The molecule has 3 heteroatoms. The van der Waals surface area contributed by atoms with E-state index in [-0.39, 0.29) is 24.4 Å². The molecule has 0 amide bonds. The van der Waals surface area contributed by atoms with Gasteiger partial charge >= 0.3 is 0 Å². The van der Waals surface area contributed by atoms with Crippen molar-refractivity contribution in [1.29, 1.82) is 0 Å². The number of ether oxygens (including phenoxy) is 2. The maximum absolute atomic E-state index is 11.5. The molecule has 1 heterocycles. The number of carbonyl (C=O) groups excluding carboxylic acids is 1. The van der Waals surface area contributed by atoms with E-state index in [1.54, 1.807) is 0 Å². The van der Waals surface area contributed by atoms with Crippen molar-refractivity contribution in [2.75, 3.05) is 19.8 Å². The summed E-state index contributed by atoms with van der Waals surface area (Å²) < 4.78 is 10.5. The second-order valence-electron chi connectivity index (χ2n) is 3.49. The highest BCUT2D eigenvalue weighted by Crippen LogP contribution is 2.21. The van der Waals surface area contributed by atoms with Crippen molar-refractivity contribution in [3.63, 3.8) is 0 Å². The smallest absolute Gasteiger partial charge is 0.164 e. The molecule has 1 fully saturated rings. The van der Waals surface area contributed by atoms with Crippen molar-refractivity contribution in [2.45, 2.75) is 32.8 Å². The van der Waals surface area contributed by atoms with Crippen LogP contribution in [-0.4, -0.2) is 31.7 Å². The molecule has 0 aromatic carbocycles. The van der Waals surface area contributed by atoms with Crippen molar-refractivity contribution < 1.29 is 14.3 Å². The number of hydrogen-bond donors (Lipinski definition) is 0. The van der Waals surface area contributed by atoms with Gasteiger partial charge in [-0.2, -0.15) is 0 Å².